The number of hydrogen-bond donors (Lipinski definition) is 2. The van der Waals surface area contributed by atoms with Crippen molar-refractivity contribution < 1.29 is 18.1 Å². The molecule has 4 aromatic rings. The maximum Gasteiger partial charge on any atom is 0.295 e. The fraction of sp³-hybridized carbons (Fsp3) is 0.138. The minimum atomic E-state index is -4.12. The van der Waals surface area contributed by atoms with Gasteiger partial charge in [0, 0.05) is 24.8 Å². The molecule has 0 spiro atoms. The van der Waals surface area contributed by atoms with Crippen molar-refractivity contribution in [3.05, 3.63) is 118 Å². The van der Waals surface area contributed by atoms with Gasteiger partial charge in [0.15, 0.2) is 0 Å². The number of nitrogens with one attached hydrogen (secondary N) is 2. The highest BCUT2D eigenvalue weighted by Crippen LogP contribution is 2.30. The molecule has 2 N–H and O–H groups in total. The topological polar surface area (TPSA) is 126 Å². The van der Waals surface area contributed by atoms with Gasteiger partial charge in [-0.3, -0.25) is 20.3 Å². The van der Waals surface area contributed by atoms with Crippen molar-refractivity contribution in [2.45, 2.75) is 18.4 Å². The fourth-order valence-corrected chi connectivity index (χ4v) is 5.08. The average Bonchev–Trinajstić information content (AvgIpc) is 2.97. The van der Waals surface area contributed by atoms with Crippen LogP contribution in [0, 0.1) is 10.1 Å². The van der Waals surface area contributed by atoms with Crippen molar-refractivity contribution >= 4 is 39.0 Å². The Hall–Kier alpha value is -4.90. The molecule has 10 nitrogen and oxygen atoms in total. The molecule has 0 aliphatic heterocycles. The molecule has 0 aromatic heterocycles. The maximum absolute atomic E-state index is 12.9. The molecule has 206 valence electrons. The molecule has 0 aliphatic rings. The first kappa shape index (κ1) is 28.1. The molecular formula is C29H29N5O5S. The van der Waals surface area contributed by atoms with Gasteiger partial charge in [-0.25, -0.2) is 8.42 Å². The second kappa shape index (κ2) is 12.8. The molecular weight excluding hydrogens is 530 g/mol. The number of nitro benzene ring substituents is 1. The largest absolute Gasteiger partial charge is 0.495 e. The van der Waals surface area contributed by atoms with Crippen LogP contribution >= 0.6 is 0 Å². The highest BCUT2D eigenvalue weighted by molar-refractivity contribution is 7.92. The summed E-state index contributed by atoms with van der Waals surface area (Å²) in [6, 6.07) is 28.0. The van der Waals surface area contributed by atoms with Gasteiger partial charge in [-0.1, -0.05) is 54.6 Å². The first-order valence-electron chi connectivity index (χ1n) is 12.4. The van der Waals surface area contributed by atoms with E-state index >= 15 is 0 Å². The van der Waals surface area contributed by atoms with Crippen LogP contribution in [0.2, 0.25) is 0 Å². The average molecular weight is 560 g/mol. The van der Waals surface area contributed by atoms with Crippen molar-refractivity contribution in [2.24, 2.45) is 5.10 Å². The summed E-state index contributed by atoms with van der Waals surface area (Å²) < 4.78 is 33.4. The Bertz CT molecular complexity index is 1590. The van der Waals surface area contributed by atoms with E-state index < -0.39 is 20.6 Å². The lowest BCUT2D eigenvalue weighted by Crippen LogP contribution is -2.21. The molecule has 0 bridgehead atoms. The van der Waals surface area contributed by atoms with Gasteiger partial charge < -0.3 is 9.64 Å². The van der Waals surface area contributed by atoms with E-state index in [1.54, 1.807) is 18.2 Å². The van der Waals surface area contributed by atoms with Crippen molar-refractivity contribution in [3.63, 3.8) is 0 Å². The van der Waals surface area contributed by atoms with Crippen LogP contribution in [0.1, 0.15) is 18.1 Å². The molecule has 0 heterocycles. The van der Waals surface area contributed by atoms with Crippen LogP contribution in [0.5, 0.6) is 5.75 Å². The lowest BCUT2D eigenvalue weighted by molar-refractivity contribution is -0.384. The SMILES string of the molecule is CCN(Cc1ccccc1)c1ccc(C=NNc2ccc(S(=O)(=O)Nc3ccccc3OC)cc2[N+](=O)[O-])cc1. The monoisotopic (exact) mass is 559 g/mol. The third kappa shape index (κ3) is 6.94. The van der Waals surface area contributed by atoms with Gasteiger partial charge in [0.2, 0.25) is 0 Å². The number of sulfonamides is 1. The van der Waals surface area contributed by atoms with Crippen LogP contribution < -0.4 is 19.8 Å². The van der Waals surface area contributed by atoms with E-state index in [0.29, 0.717) is 5.75 Å². The minimum Gasteiger partial charge on any atom is -0.495 e. The number of nitro groups is 1. The Labute approximate surface area is 233 Å². The first-order valence-corrected chi connectivity index (χ1v) is 13.9. The van der Waals surface area contributed by atoms with E-state index in [1.165, 1.54) is 37.1 Å². The molecule has 0 fully saturated rings. The van der Waals surface area contributed by atoms with Crippen LogP contribution in [0.15, 0.2) is 107 Å². The van der Waals surface area contributed by atoms with Gasteiger partial charge in [0.1, 0.15) is 11.4 Å². The standard InChI is InChI=1S/C29H29N5O5S/c1-3-33(21-23-9-5-4-6-10-23)24-15-13-22(14-16-24)20-30-31-26-18-17-25(19-28(26)34(35)36)40(37,38)32-27-11-7-8-12-29(27)39-2/h4-20,31-32H,3,21H2,1-2H3. The smallest absolute Gasteiger partial charge is 0.295 e. The van der Waals surface area contributed by atoms with Crippen LogP contribution in [-0.4, -0.2) is 33.2 Å². The summed E-state index contributed by atoms with van der Waals surface area (Å²) in [5, 5.41) is 15.9. The zero-order chi connectivity index (χ0) is 28.5. The number of nitrogens with zero attached hydrogens (tertiary/aromatic N) is 3. The molecule has 0 unspecified atom stereocenters. The van der Waals surface area contributed by atoms with Gasteiger partial charge in [-0.15, -0.1) is 0 Å². The zero-order valence-electron chi connectivity index (χ0n) is 22.0. The van der Waals surface area contributed by atoms with Crippen LogP contribution in [0.3, 0.4) is 0 Å². The number of hydrazone groups is 1. The Morgan fingerprint density at radius 2 is 1.65 bits per heavy atom. The van der Waals surface area contributed by atoms with Gasteiger partial charge in [0.05, 0.1) is 28.8 Å². The van der Waals surface area contributed by atoms with Crippen molar-refractivity contribution in [1.82, 2.24) is 0 Å². The Morgan fingerprint density at radius 1 is 0.950 bits per heavy atom. The van der Waals surface area contributed by atoms with Crippen molar-refractivity contribution in [3.8, 4) is 5.75 Å². The van der Waals surface area contributed by atoms with E-state index in [-0.39, 0.29) is 16.3 Å². The molecule has 0 amide bonds. The molecule has 0 saturated heterocycles. The number of rotatable bonds is 12. The third-order valence-electron chi connectivity index (χ3n) is 6.08. The first-order chi connectivity index (χ1) is 19.3. The Morgan fingerprint density at radius 3 is 2.33 bits per heavy atom. The quantitative estimate of drug-likeness (QED) is 0.126. The van der Waals surface area contributed by atoms with Gasteiger partial charge in [-0.2, -0.15) is 5.10 Å². The molecule has 40 heavy (non-hydrogen) atoms. The van der Waals surface area contributed by atoms with Crippen LogP contribution in [0.25, 0.3) is 0 Å². The second-order valence-electron chi connectivity index (χ2n) is 8.70. The summed E-state index contributed by atoms with van der Waals surface area (Å²) in [6.07, 6.45) is 1.54. The lowest BCUT2D eigenvalue weighted by Gasteiger charge is -2.23. The highest BCUT2D eigenvalue weighted by Gasteiger charge is 2.22. The van der Waals surface area contributed by atoms with Gasteiger partial charge in [-0.05, 0) is 54.4 Å². The Kier molecular flexibility index (Phi) is 8.97. The summed E-state index contributed by atoms with van der Waals surface area (Å²) >= 11 is 0. The number of anilines is 3. The minimum absolute atomic E-state index is 0.0501. The zero-order valence-corrected chi connectivity index (χ0v) is 22.8. The molecule has 0 atom stereocenters. The van der Waals surface area contributed by atoms with E-state index in [1.807, 2.05) is 42.5 Å². The van der Waals surface area contributed by atoms with E-state index in [4.69, 9.17) is 4.74 Å². The van der Waals surface area contributed by atoms with Crippen molar-refractivity contribution in [1.29, 1.82) is 0 Å². The molecule has 4 aromatic carbocycles. The number of methoxy groups -OCH3 is 1. The molecule has 0 radical (unpaired) electrons. The third-order valence-corrected chi connectivity index (χ3v) is 7.45. The van der Waals surface area contributed by atoms with Gasteiger partial charge >= 0.3 is 0 Å². The normalized spacial score (nSPS) is 11.2. The number of benzene rings is 4. The van der Waals surface area contributed by atoms with Gasteiger partial charge in [0.25, 0.3) is 15.7 Å². The van der Waals surface area contributed by atoms with E-state index in [0.717, 1.165) is 30.4 Å². The summed E-state index contributed by atoms with van der Waals surface area (Å²) in [5.74, 6) is 0.319. The predicted molar refractivity (Wildman–Crippen MR) is 158 cm³/mol. The molecule has 4 rings (SSSR count). The van der Waals surface area contributed by atoms with E-state index in [2.05, 4.69) is 39.2 Å². The number of ether oxygens (including phenoxy) is 1. The van der Waals surface area contributed by atoms with Crippen molar-refractivity contribution in [2.75, 3.05) is 28.7 Å². The van der Waals surface area contributed by atoms with Crippen LogP contribution in [0.4, 0.5) is 22.7 Å². The summed E-state index contributed by atoms with van der Waals surface area (Å²) in [4.78, 5) is 13.0. The summed E-state index contributed by atoms with van der Waals surface area (Å²) in [6.45, 7) is 3.73. The molecule has 0 aliphatic carbocycles. The maximum atomic E-state index is 12.9. The lowest BCUT2D eigenvalue weighted by atomic mass is 10.1. The van der Waals surface area contributed by atoms with Crippen LogP contribution in [-0.2, 0) is 16.6 Å². The summed E-state index contributed by atoms with van der Waals surface area (Å²) in [7, 11) is -2.70. The fourth-order valence-electron chi connectivity index (χ4n) is 3.99. The molecule has 11 heteroatoms. The second-order valence-corrected chi connectivity index (χ2v) is 10.4. The molecule has 0 saturated carbocycles. The Balaban J connectivity index is 1.46. The number of para-hydroxylation sites is 2. The predicted octanol–water partition coefficient (Wildman–Crippen LogP) is 5.88. The summed E-state index contributed by atoms with van der Waals surface area (Å²) in [5.41, 5.74) is 5.55. The number of hydrogen-bond acceptors (Lipinski definition) is 8. The highest BCUT2D eigenvalue weighted by atomic mass is 32.2. The van der Waals surface area contributed by atoms with E-state index in [9.17, 15) is 18.5 Å².